The van der Waals surface area contributed by atoms with Gasteiger partial charge in [-0.3, -0.25) is 0 Å². The Morgan fingerprint density at radius 2 is 2.07 bits per heavy atom. The maximum Gasteiger partial charge on any atom is 0.121 e. The van der Waals surface area contributed by atoms with Crippen LogP contribution in [0.25, 0.3) is 0 Å². The molecule has 0 aliphatic carbocycles. The number of rotatable bonds is 3. The minimum Gasteiger partial charge on any atom is -0.357 e. The molecule has 1 aliphatic rings. The third-order valence-corrected chi connectivity index (χ3v) is 2.65. The van der Waals surface area contributed by atoms with Crippen molar-refractivity contribution >= 4 is 6.21 Å². The Kier molecular flexibility index (Phi) is 4.44. The summed E-state index contributed by atoms with van der Waals surface area (Å²) >= 11 is 0. The second kappa shape index (κ2) is 5.63. The zero-order valence-electron chi connectivity index (χ0n) is 9.24. The Hall–Kier alpha value is -1.05. The Balaban J connectivity index is 2.38. The Morgan fingerprint density at radius 1 is 1.43 bits per heavy atom. The highest BCUT2D eigenvalue weighted by molar-refractivity contribution is 5.71. The molecule has 1 fully saturated rings. The van der Waals surface area contributed by atoms with Crippen LogP contribution in [0.2, 0.25) is 0 Å². The minimum absolute atomic E-state index is 0.860. The van der Waals surface area contributed by atoms with Gasteiger partial charge in [0.15, 0.2) is 0 Å². The van der Waals surface area contributed by atoms with Crippen LogP contribution in [0, 0.1) is 5.92 Å². The summed E-state index contributed by atoms with van der Waals surface area (Å²) in [6.45, 7) is 10.5. The molecule has 0 N–H and O–H groups in total. The largest absolute Gasteiger partial charge is 0.357 e. The van der Waals surface area contributed by atoms with Gasteiger partial charge in [-0.2, -0.15) is 0 Å². The van der Waals surface area contributed by atoms with Crippen LogP contribution in [-0.2, 0) is 0 Å². The molecule has 1 rings (SSSR count). The van der Waals surface area contributed by atoms with Crippen LogP contribution in [-0.4, -0.2) is 24.2 Å². The van der Waals surface area contributed by atoms with Crippen LogP contribution in [0.15, 0.2) is 29.5 Å². The van der Waals surface area contributed by atoms with Crippen molar-refractivity contribution in [1.82, 2.24) is 4.90 Å². The number of piperidine rings is 1. The molecular formula is C12H20N2. The zero-order chi connectivity index (χ0) is 10.4. The fourth-order valence-corrected chi connectivity index (χ4v) is 1.56. The monoisotopic (exact) mass is 192 g/mol. The summed E-state index contributed by atoms with van der Waals surface area (Å²) in [6, 6.07) is 0. The summed E-state index contributed by atoms with van der Waals surface area (Å²) < 4.78 is 0. The Morgan fingerprint density at radius 3 is 2.64 bits per heavy atom. The van der Waals surface area contributed by atoms with Gasteiger partial charge in [0.1, 0.15) is 5.82 Å². The number of hydrogen-bond acceptors (Lipinski definition) is 2. The average Bonchev–Trinajstić information content (AvgIpc) is 2.19. The highest BCUT2D eigenvalue weighted by atomic mass is 15.2. The predicted octanol–water partition coefficient (Wildman–Crippen LogP) is 2.84. The van der Waals surface area contributed by atoms with Gasteiger partial charge in [0.2, 0.25) is 0 Å². The van der Waals surface area contributed by atoms with Gasteiger partial charge in [-0.1, -0.05) is 19.6 Å². The van der Waals surface area contributed by atoms with Crippen molar-refractivity contribution in [2.24, 2.45) is 10.9 Å². The maximum absolute atomic E-state index is 4.28. The number of hydrogen-bond donors (Lipinski definition) is 0. The van der Waals surface area contributed by atoms with Crippen molar-refractivity contribution in [3.05, 3.63) is 24.6 Å². The van der Waals surface area contributed by atoms with Crippen LogP contribution < -0.4 is 0 Å². The summed E-state index contributed by atoms with van der Waals surface area (Å²) in [5.74, 6) is 1.76. The highest BCUT2D eigenvalue weighted by Crippen LogP contribution is 2.19. The maximum atomic E-state index is 4.28. The molecule has 0 spiro atoms. The van der Waals surface area contributed by atoms with Crippen LogP contribution >= 0.6 is 0 Å². The SMILES string of the molecule is C=C(/N=C\C=C/C)N1CCC(C)CC1. The van der Waals surface area contributed by atoms with Crippen LogP contribution in [0.1, 0.15) is 26.7 Å². The van der Waals surface area contributed by atoms with Crippen molar-refractivity contribution in [2.45, 2.75) is 26.7 Å². The van der Waals surface area contributed by atoms with Gasteiger partial charge in [0.25, 0.3) is 0 Å². The first-order chi connectivity index (χ1) is 6.74. The van der Waals surface area contributed by atoms with E-state index in [1.807, 2.05) is 19.1 Å². The summed E-state index contributed by atoms with van der Waals surface area (Å²) in [6.07, 6.45) is 8.23. The van der Waals surface area contributed by atoms with Gasteiger partial charge in [-0.15, -0.1) is 0 Å². The van der Waals surface area contributed by atoms with Crippen molar-refractivity contribution in [2.75, 3.05) is 13.1 Å². The minimum atomic E-state index is 0.860. The van der Waals surface area contributed by atoms with E-state index in [0.717, 1.165) is 24.8 Å². The van der Waals surface area contributed by atoms with E-state index in [4.69, 9.17) is 0 Å². The predicted molar refractivity (Wildman–Crippen MR) is 62.4 cm³/mol. The Labute approximate surface area is 87.0 Å². The van der Waals surface area contributed by atoms with Gasteiger partial charge in [0, 0.05) is 19.3 Å². The standard InChI is InChI=1S/C12H20N2/c1-4-5-8-13-12(3)14-9-6-11(2)7-10-14/h4-5,8,11H,3,6-7,9-10H2,1-2H3/b5-4-,13-8-. The van der Waals surface area contributed by atoms with E-state index in [1.165, 1.54) is 12.8 Å². The average molecular weight is 192 g/mol. The first-order valence-electron chi connectivity index (χ1n) is 5.33. The van der Waals surface area contributed by atoms with Gasteiger partial charge in [-0.05, 0) is 31.8 Å². The molecule has 2 heteroatoms. The number of allylic oxidation sites excluding steroid dienone is 2. The quantitative estimate of drug-likeness (QED) is 0.628. The molecule has 0 atom stereocenters. The molecule has 1 saturated heterocycles. The van der Waals surface area contributed by atoms with E-state index < -0.39 is 0 Å². The normalized spacial score (nSPS) is 19.7. The third kappa shape index (κ3) is 3.36. The molecule has 1 heterocycles. The molecule has 0 unspecified atom stereocenters. The second-order valence-corrected chi connectivity index (χ2v) is 3.89. The third-order valence-electron chi connectivity index (χ3n) is 2.65. The topological polar surface area (TPSA) is 15.6 Å². The summed E-state index contributed by atoms with van der Waals surface area (Å²) in [5, 5.41) is 0. The number of aliphatic imine (C=N–C) groups is 1. The summed E-state index contributed by atoms with van der Waals surface area (Å²) in [4.78, 5) is 6.55. The molecule has 0 amide bonds. The zero-order valence-corrected chi connectivity index (χ0v) is 9.24. The highest BCUT2D eigenvalue weighted by Gasteiger charge is 2.15. The first-order valence-corrected chi connectivity index (χ1v) is 5.33. The van der Waals surface area contributed by atoms with E-state index in [2.05, 4.69) is 23.4 Å². The lowest BCUT2D eigenvalue weighted by Gasteiger charge is -2.31. The second-order valence-electron chi connectivity index (χ2n) is 3.89. The van der Waals surface area contributed by atoms with Crippen molar-refractivity contribution in [1.29, 1.82) is 0 Å². The molecule has 0 saturated carbocycles. The molecule has 14 heavy (non-hydrogen) atoms. The van der Waals surface area contributed by atoms with Crippen molar-refractivity contribution in [3.8, 4) is 0 Å². The smallest absolute Gasteiger partial charge is 0.121 e. The van der Waals surface area contributed by atoms with Gasteiger partial charge >= 0.3 is 0 Å². The molecule has 0 bridgehead atoms. The van der Waals surface area contributed by atoms with E-state index in [-0.39, 0.29) is 0 Å². The summed E-state index contributed by atoms with van der Waals surface area (Å²) in [7, 11) is 0. The van der Waals surface area contributed by atoms with Gasteiger partial charge in [0.05, 0.1) is 0 Å². The molecule has 0 aromatic rings. The molecule has 1 aliphatic heterocycles. The molecule has 0 radical (unpaired) electrons. The van der Waals surface area contributed by atoms with Gasteiger partial charge < -0.3 is 4.90 Å². The lowest BCUT2D eigenvalue weighted by atomic mass is 9.99. The molecule has 78 valence electrons. The van der Waals surface area contributed by atoms with E-state index >= 15 is 0 Å². The van der Waals surface area contributed by atoms with E-state index in [0.29, 0.717) is 0 Å². The lowest BCUT2D eigenvalue weighted by Crippen LogP contribution is -2.31. The number of nitrogens with zero attached hydrogens (tertiary/aromatic N) is 2. The molecular weight excluding hydrogens is 172 g/mol. The fraction of sp³-hybridized carbons (Fsp3) is 0.583. The van der Waals surface area contributed by atoms with Crippen molar-refractivity contribution < 1.29 is 0 Å². The lowest BCUT2D eigenvalue weighted by molar-refractivity contribution is 0.237. The van der Waals surface area contributed by atoms with E-state index in [9.17, 15) is 0 Å². The van der Waals surface area contributed by atoms with Crippen LogP contribution in [0.4, 0.5) is 0 Å². The van der Waals surface area contributed by atoms with Crippen LogP contribution in [0.3, 0.4) is 0 Å². The summed E-state index contributed by atoms with van der Waals surface area (Å²) in [5.41, 5.74) is 0. The first kappa shape index (κ1) is 11.0. The van der Waals surface area contributed by atoms with Crippen molar-refractivity contribution in [3.63, 3.8) is 0 Å². The van der Waals surface area contributed by atoms with E-state index in [1.54, 1.807) is 6.21 Å². The van der Waals surface area contributed by atoms with Crippen LogP contribution in [0.5, 0.6) is 0 Å². The van der Waals surface area contributed by atoms with Gasteiger partial charge in [-0.25, -0.2) is 4.99 Å². The fourth-order valence-electron chi connectivity index (χ4n) is 1.56. The molecule has 0 aromatic heterocycles. The Bertz CT molecular complexity index is 233. The number of likely N-dealkylation sites (tertiary alicyclic amines) is 1. The molecule has 0 aromatic carbocycles. The molecule has 2 nitrogen and oxygen atoms in total.